The van der Waals surface area contributed by atoms with E-state index in [0.717, 1.165) is 38.5 Å². The van der Waals surface area contributed by atoms with Crippen LogP contribution < -0.4 is 10.6 Å². The third-order valence-corrected chi connectivity index (χ3v) is 7.43. The quantitative estimate of drug-likeness (QED) is 0.401. The first-order chi connectivity index (χ1) is 16.7. The number of para-hydroxylation sites is 1. The molecule has 0 aliphatic heterocycles. The fourth-order valence-electron chi connectivity index (χ4n) is 5.36. The number of hydrogen-bond acceptors (Lipinski definition) is 7. The van der Waals surface area contributed by atoms with Crippen LogP contribution in [0.4, 0.5) is 26.4 Å². The highest BCUT2D eigenvalue weighted by atomic mass is 19.1. The molecule has 8 nitrogen and oxygen atoms in total. The van der Waals surface area contributed by atoms with Gasteiger partial charge in [0.2, 0.25) is 11.9 Å². The molecule has 0 radical (unpaired) electrons. The first kappa shape index (κ1) is 23.9. The third kappa shape index (κ3) is 4.95. The number of hydrogen-bond donors (Lipinski definition) is 4. The molecule has 2 atom stereocenters. The number of halogens is 2. The predicted molar refractivity (Wildman–Crippen MR) is 130 cm³/mol. The second-order valence-electron chi connectivity index (χ2n) is 10.4. The van der Waals surface area contributed by atoms with E-state index in [4.69, 9.17) is 4.98 Å². The van der Waals surface area contributed by atoms with Gasteiger partial charge in [0.15, 0.2) is 5.65 Å². The summed E-state index contributed by atoms with van der Waals surface area (Å²) < 4.78 is 30.8. The number of aliphatic hydroxyl groups excluding tert-OH is 1. The number of nitrogens with zero attached hydrogens (tertiary/aromatic N) is 4. The van der Waals surface area contributed by atoms with Gasteiger partial charge in [-0.3, -0.25) is 4.57 Å². The van der Waals surface area contributed by atoms with Gasteiger partial charge in [-0.05, 0) is 76.8 Å². The van der Waals surface area contributed by atoms with Crippen molar-refractivity contribution < 1.29 is 19.0 Å². The number of aliphatic hydroxyl groups is 2. The van der Waals surface area contributed by atoms with Crippen molar-refractivity contribution in [2.24, 2.45) is 5.92 Å². The van der Waals surface area contributed by atoms with Crippen LogP contribution in [0.5, 0.6) is 0 Å². The average Bonchev–Trinajstić information content (AvgIpc) is 3.42. The Balaban J connectivity index is 1.52. The standard InChI is InChI=1S/C25H32F2N6O2/c1-25(2,35)14-6-9-16(12-14)33-22-20(30-24(33)31-21-18(26)4-3-5-19(21)27)13-28-23(32-22)29-15-7-10-17(34)11-8-15/h3-5,13-17,34-35H,6-12H2,1-2H3,(H,30,31)(H,28,29,32)/t14?,15-,16-,17-/m0/s1. The number of nitrogens with one attached hydrogen (secondary N) is 2. The SMILES string of the molecule is CC(C)(O)C1CC[C@H](n2c(Nc3c(F)cccc3F)nc3cnc(N[C@H]4CC[C@H](O)CC4)nc32)C1. The van der Waals surface area contributed by atoms with Crippen LogP contribution in [0.25, 0.3) is 11.2 Å². The maximum atomic E-state index is 14.4. The molecule has 2 aliphatic rings. The van der Waals surface area contributed by atoms with Crippen molar-refractivity contribution in [1.29, 1.82) is 0 Å². The summed E-state index contributed by atoms with van der Waals surface area (Å²) in [6, 6.07) is 3.82. The van der Waals surface area contributed by atoms with E-state index >= 15 is 0 Å². The van der Waals surface area contributed by atoms with Gasteiger partial charge in [0.05, 0.1) is 17.9 Å². The molecule has 35 heavy (non-hydrogen) atoms. The molecule has 2 saturated carbocycles. The molecule has 4 N–H and O–H groups in total. The van der Waals surface area contributed by atoms with Crippen LogP contribution in [0.3, 0.4) is 0 Å². The van der Waals surface area contributed by atoms with Gasteiger partial charge in [0.25, 0.3) is 0 Å². The lowest BCUT2D eigenvalue weighted by molar-refractivity contribution is 0.0186. The summed E-state index contributed by atoms with van der Waals surface area (Å²) in [5.41, 5.74) is -0.0170. The van der Waals surface area contributed by atoms with Crippen molar-refractivity contribution in [3.8, 4) is 0 Å². The predicted octanol–water partition coefficient (Wildman–Crippen LogP) is 4.68. The van der Waals surface area contributed by atoms with E-state index in [2.05, 4.69) is 20.6 Å². The molecule has 0 saturated heterocycles. The molecule has 1 aromatic carbocycles. The van der Waals surface area contributed by atoms with Crippen molar-refractivity contribution in [3.05, 3.63) is 36.0 Å². The van der Waals surface area contributed by atoms with Gasteiger partial charge in [0, 0.05) is 12.1 Å². The lowest BCUT2D eigenvalue weighted by atomic mass is 9.89. The Bertz CT molecular complexity index is 1180. The topological polar surface area (TPSA) is 108 Å². The Morgan fingerprint density at radius 3 is 2.40 bits per heavy atom. The van der Waals surface area contributed by atoms with E-state index < -0.39 is 17.2 Å². The molecule has 10 heteroatoms. The highest BCUT2D eigenvalue weighted by Crippen LogP contribution is 2.43. The fourth-order valence-corrected chi connectivity index (χ4v) is 5.36. The van der Waals surface area contributed by atoms with Crippen molar-refractivity contribution in [2.75, 3.05) is 10.6 Å². The minimum absolute atomic E-state index is 0.0543. The lowest BCUT2D eigenvalue weighted by Crippen LogP contribution is -2.29. The van der Waals surface area contributed by atoms with Gasteiger partial charge in [0.1, 0.15) is 22.8 Å². The number of imidazole rings is 1. The Labute approximate surface area is 202 Å². The number of benzene rings is 1. The largest absolute Gasteiger partial charge is 0.393 e. The lowest BCUT2D eigenvalue weighted by Gasteiger charge is -2.26. The van der Waals surface area contributed by atoms with E-state index in [1.165, 1.54) is 18.2 Å². The first-order valence-electron chi connectivity index (χ1n) is 12.3. The normalized spacial score (nSPS) is 25.2. The van der Waals surface area contributed by atoms with Crippen LogP contribution in [-0.4, -0.2) is 47.5 Å². The zero-order valence-corrected chi connectivity index (χ0v) is 20.0. The molecule has 1 unspecified atom stereocenters. The van der Waals surface area contributed by atoms with Gasteiger partial charge >= 0.3 is 0 Å². The monoisotopic (exact) mass is 486 g/mol. The second-order valence-corrected chi connectivity index (χ2v) is 10.4. The summed E-state index contributed by atoms with van der Waals surface area (Å²) in [5.74, 6) is -0.593. The number of anilines is 3. The summed E-state index contributed by atoms with van der Waals surface area (Å²) >= 11 is 0. The van der Waals surface area contributed by atoms with Gasteiger partial charge < -0.3 is 20.8 Å². The fraction of sp³-hybridized carbons (Fsp3) is 0.560. The van der Waals surface area contributed by atoms with Crippen LogP contribution in [0.15, 0.2) is 24.4 Å². The van der Waals surface area contributed by atoms with Crippen LogP contribution in [-0.2, 0) is 0 Å². The van der Waals surface area contributed by atoms with Crippen LogP contribution in [0.2, 0.25) is 0 Å². The minimum atomic E-state index is -0.830. The molecule has 5 rings (SSSR count). The van der Waals surface area contributed by atoms with E-state index in [0.29, 0.717) is 23.5 Å². The molecule has 188 valence electrons. The molecule has 0 spiro atoms. The molecule has 0 bridgehead atoms. The van der Waals surface area contributed by atoms with Gasteiger partial charge in [-0.15, -0.1) is 0 Å². The van der Waals surface area contributed by atoms with Crippen molar-refractivity contribution >= 4 is 28.7 Å². The molecular formula is C25H32F2N6O2. The molecule has 2 aliphatic carbocycles. The highest BCUT2D eigenvalue weighted by molar-refractivity contribution is 5.76. The number of rotatable bonds is 6. The summed E-state index contributed by atoms with van der Waals surface area (Å²) in [4.78, 5) is 13.8. The summed E-state index contributed by atoms with van der Waals surface area (Å²) in [6.07, 6.45) is 6.79. The Hall–Kier alpha value is -2.85. The highest BCUT2D eigenvalue weighted by Gasteiger charge is 2.37. The third-order valence-electron chi connectivity index (χ3n) is 7.43. The number of aromatic nitrogens is 4. The Morgan fingerprint density at radius 1 is 1.03 bits per heavy atom. The van der Waals surface area contributed by atoms with Crippen LogP contribution in [0, 0.1) is 17.6 Å². The van der Waals surface area contributed by atoms with Gasteiger partial charge in [-0.25, -0.2) is 18.7 Å². The van der Waals surface area contributed by atoms with Crippen molar-refractivity contribution in [2.45, 2.75) is 82.6 Å². The summed E-state index contributed by atoms with van der Waals surface area (Å²) in [5, 5.41) is 26.6. The van der Waals surface area contributed by atoms with Crippen LogP contribution >= 0.6 is 0 Å². The van der Waals surface area contributed by atoms with E-state index in [1.807, 2.05) is 18.4 Å². The summed E-state index contributed by atoms with van der Waals surface area (Å²) in [7, 11) is 0. The Morgan fingerprint density at radius 2 is 1.74 bits per heavy atom. The Kier molecular flexibility index (Phi) is 6.35. The van der Waals surface area contributed by atoms with E-state index in [-0.39, 0.29) is 35.7 Å². The smallest absolute Gasteiger partial charge is 0.224 e. The van der Waals surface area contributed by atoms with E-state index in [9.17, 15) is 19.0 Å². The first-order valence-corrected chi connectivity index (χ1v) is 12.3. The molecule has 3 aromatic rings. The van der Waals surface area contributed by atoms with Gasteiger partial charge in [-0.1, -0.05) is 6.07 Å². The zero-order chi connectivity index (χ0) is 24.7. The molecule has 2 aromatic heterocycles. The second kappa shape index (κ2) is 9.31. The van der Waals surface area contributed by atoms with Gasteiger partial charge in [-0.2, -0.15) is 4.98 Å². The zero-order valence-electron chi connectivity index (χ0n) is 20.0. The molecule has 2 heterocycles. The van der Waals surface area contributed by atoms with E-state index in [1.54, 1.807) is 6.20 Å². The van der Waals surface area contributed by atoms with Crippen molar-refractivity contribution in [1.82, 2.24) is 19.5 Å². The number of fused-ring (bicyclic) bond motifs is 1. The van der Waals surface area contributed by atoms with Crippen LogP contribution in [0.1, 0.15) is 64.8 Å². The molecular weight excluding hydrogens is 454 g/mol. The molecule has 0 amide bonds. The maximum absolute atomic E-state index is 14.4. The van der Waals surface area contributed by atoms with Crippen molar-refractivity contribution in [3.63, 3.8) is 0 Å². The maximum Gasteiger partial charge on any atom is 0.224 e. The minimum Gasteiger partial charge on any atom is -0.393 e. The average molecular weight is 487 g/mol. The molecule has 2 fully saturated rings. The summed E-state index contributed by atoms with van der Waals surface area (Å²) in [6.45, 7) is 3.62.